The van der Waals surface area contributed by atoms with Crippen LogP contribution < -0.4 is 4.74 Å². The van der Waals surface area contributed by atoms with E-state index in [1.54, 1.807) is 25.3 Å². The number of nitrogens with zero attached hydrogens (tertiary/aromatic N) is 2. The van der Waals surface area contributed by atoms with Crippen molar-refractivity contribution in [1.29, 1.82) is 0 Å². The lowest BCUT2D eigenvalue weighted by atomic mass is 10.0. The topological polar surface area (TPSA) is 79.7 Å². The van der Waals surface area contributed by atoms with Gasteiger partial charge in [0.05, 0.1) is 18.2 Å². The summed E-state index contributed by atoms with van der Waals surface area (Å²) in [5, 5.41) is 9.58. The van der Waals surface area contributed by atoms with Crippen LogP contribution >= 0.6 is 0 Å². The summed E-state index contributed by atoms with van der Waals surface area (Å²) in [7, 11) is 3.05. The number of carboxylic acids is 1. The van der Waals surface area contributed by atoms with Gasteiger partial charge in [-0.25, -0.2) is 0 Å². The van der Waals surface area contributed by atoms with E-state index in [1.807, 2.05) is 6.07 Å². The number of rotatable bonds is 5. The van der Waals surface area contributed by atoms with Gasteiger partial charge in [0.15, 0.2) is 0 Å². The second kappa shape index (κ2) is 5.87. The van der Waals surface area contributed by atoms with Gasteiger partial charge in [0.1, 0.15) is 12.3 Å². The highest BCUT2D eigenvalue weighted by atomic mass is 16.5. The van der Waals surface area contributed by atoms with Crippen LogP contribution in [0.2, 0.25) is 0 Å². The van der Waals surface area contributed by atoms with Gasteiger partial charge in [-0.3, -0.25) is 14.6 Å². The maximum atomic E-state index is 12.7. The van der Waals surface area contributed by atoms with Crippen molar-refractivity contribution in [2.24, 2.45) is 0 Å². The molecular weight excluding hydrogens is 296 g/mol. The Labute approximate surface area is 133 Å². The quantitative estimate of drug-likeness (QED) is 0.916. The molecule has 0 unspecified atom stereocenters. The largest absolute Gasteiger partial charge is 0.497 e. The first kappa shape index (κ1) is 15.3. The van der Waals surface area contributed by atoms with Crippen LogP contribution in [0.3, 0.4) is 0 Å². The Morgan fingerprint density at radius 2 is 2.09 bits per heavy atom. The number of carbonyl (C=O) groups excluding carboxylic acids is 1. The Bertz CT molecular complexity index is 784. The van der Waals surface area contributed by atoms with Crippen LogP contribution in [-0.2, 0) is 4.79 Å². The second-order valence-corrected chi connectivity index (χ2v) is 5.81. The third-order valence-electron chi connectivity index (χ3n) is 3.98. The smallest absolute Gasteiger partial charge is 0.323 e. The summed E-state index contributed by atoms with van der Waals surface area (Å²) in [4.78, 5) is 29.4. The van der Waals surface area contributed by atoms with Gasteiger partial charge in [0.25, 0.3) is 5.91 Å². The average molecular weight is 314 g/mol. The zero-order chi connectivity index (χ0) is 16.6. The van der Waals surface area contributed by atoms with Gasteiger partial charge >= 0.3 is 5.97 Å². The molecule has 1 N–H and O–H groups in total. The van der Waals surface area contributed by atoms with E-state index in [-0.39, 0.29) is 12.5 Å². The average Bonchev–Trinajstić information content (AvgIpc) is 3.36. The second-order valence-electron chi connectivity index (χ2n) is 5.81. The maximum Gasteiger partial charge on any atom is 0.323 e. The van der Waals surface area contributed by atoms with Crippen molar-refractivity contribution in [2.75, 3.05) is 20.7 Å². The van der Waals surface area contributed by atoms with Gasteiger partial charge in [-0.15, -0.1) is 0 Å². The minimum Gasteiger partial charge on any atom is -0.497 e. The zero-order valence-corrected chi connectivity index (χ0v) is 13.1. The number of aromatic nitrogens is 1. The normalized spacial score (nSPS) is 13.8. The molecule has 0 radical (unpaired) electrons. The number of carboxylic acid groups (broad SMARTS) is 1. The van der Waals surface area contributed by atoms with E-state index in [2.05, 4.69) is 4.98 Å². The molecule has 3 rings (SSSR count). The highest BCUT2D eigenvalue weighted by Gasteiger charge is 2.28. The standard InChI is InChI=1S/C17H18N2O4/c1-19(9-16(20)21)17(22)13-8-15(10-3-4-10)18-14-6-5-11(23-2)7-12(13)14/h5-8,10H,3-4,9H2,1-2H3,(H,20,21). The van der Waals surface area contributed by atoms with Crippen molar-refractivity contribution in [3.8, 4) is 5.75 Å². The molecule has 1 heterocycles. The summed E-state index contributed by atoms with van der Waals surface area (Å²) >= 11 is 0. The lowest BCUT2D eigenvalue weighted by Crippen LogP contribution is -2.32. The molecule has 1 saturated carbocycles. The molecule has 0 aliphatic heterocycles. The zero-order valence-electron chi connectivity index (χ0n) is 13.1. The Morgan fingerprint density at radius 1 is 1.35 bits per heavy atom. The monoisotopic (exact) mass is 314 g/mol. The number of methoxy groups -OCH3 is 1. The lowest BCUT2D eigenvalue weighted by molar-refractivity contribution is -0.137. The molecule has 6 heteroatoms. The number of amides is 1. The third-order valence-corrected chi connectivity index (χ3v) is 3.98. The first-order valence-corrected chi connectivity index (χ1v) is 7.45. The van der Waals surface area contributed by atoms with Crippen LogP contribution in [0.5, 0.6) is 5.75 Å². The van der Waals surface area contributed by atoms with Gasteiger partial charge < -0.3 is 14.7 Å². The minimum absolute atomic E-state index is 0.324. The first-order chi connectivity index (χ1) is 11.0. The first-order valence-electron chi connectivity index (χ1n) is 7.45. The van der Waals surface area contributed by atoms with Crippen molar-refractivity contribution in [1.82, 2.24) is 9.88 Å². The van der Waals surface area contributed by atoms with Crippen molar-refractivity contribution >= 4 is 22.8 Å². The summed E-state index contributed by atoms with van der Waals surface area (Å²) in [6.45, 7) is -0.342. The predicted molar refractivity (Wildman–Crippen MR) is 84.9 cm³/mol. The molecule has 6 nitrogen and oxygen atoms in total. The van der Waals surface area contributed by atoms with Crippen LogP contribution in [0, 0.1) is 0 Å². The van der Waals surface area contributed by atoms with Gasteiger partial charge in [-0.1, -0.05) is 0 Å². The molecule has 1 aromatic heterocycles. The van der Waals surface area contributed by atoms with Crippen molar-refractivity contribution in [3.05, 3.63) is 35.5 Å². The van der Waals surface area contributed by atoms with E-state index in [1.165, 1.54) is 11.9 Å². The van der Waals surface area contributed by atoms with E-state index >= 15 is 0 Å². The maximum absolute atomic E-state index is 12.7. The molecule has 23 heavy (non-hydrogen) atoms. The van der Waals surface area contributed by atoms with Crippen molar-refractivity contribution < 1.29 is 19.4 Å². The number of benzene rings is 1. The number of aliphatic carboxylic acids is 1. The van der Waals surface area contributed by atoms with Crippen LogP contribution in [0.1, 0.15) is 34.8 Å². The Balaban J connectivity index is 2.11. The van der Waals surface area contributed by atoms with E-state index in [4.69, 9.17) is 9.84 Å². The molecule has 0 saturated heterocycles. The van der Waals surface area contributed by atoms with Crippen LogP contribution in [0.15, 0.2) is 24.3 Å². The van der Waals surface area contributed by atoms with E-state index < -0.39 is 5.97 Å². The SMILES string of the molecule is COc1ccc2nc(C3CC3)cc(C(=O)N(C)CC(=O)O)c2c1. The molecule has 1 fully saturated rings. The number of fused-ring (bicyclic) bond motifs is 1. The third kappa shape index (κ3) is 3.11. The van der Waals surface area contributed by atoms with Gasteiger partial charge in [-0.05, 0) is 37.1 Å². The van der Waals surface area contributed by atoms with Crippen molar-refractivity contribution in [3.63, 3.8) is 0 Å². The highest BCUT2D eigenvalue weighted by molar-refractivity contribution is 6.07. The summed E-state index contributed by atoms with van der Waals surface area (Å²) < 4.78 is 5.23. The van der Waals surface area contributed by atoms with Crippen LogP contribution in [-0.4, -0.2) is 47.6 Å². The minimum atomic E-state index is -1.04. The molecular formula is C17H18N2O4. The Kier molecular flexibility index (Phi) is 3.90. The predicted octanol–water partition coefficient (Wildman–Crippen LogP) is 2.28. The molecule has 0 bridgehead atoms. The number of carbonyl (C=O) groups is 2. The molecule has 0 spiro atoms. The molecule has 1 aromatic carbocycles. The summed E-state index contributed by atoms with van der Waals surface area (Å²) in [6, 6.07) is 7.19. The molecule has 120 valence electrons. The summed E-state index contributed by atoms with van der Waals surface area (Å²) in [6.07, 6.45) is 2.15. The number of likely N-dealkylation sites (N-methyl/N-ethyl adjacent to an activating group) is 1. The number of hydrogen-bond acceptors (Lipinski definition) is 4. The fraction of sp³-hybridized carbons (Fsp3) is 0.353. The van der Waals surface area contributed by atoms with Crippen molar-refractivity contribution in [2.45, 2.75) is 18.8 Å². The van der Waals surface area contributed by atoms with Gasteiger partial charge in [-0.2, -0.15) is 0 Å². The summed E-state index contributed by atoms with van der Waals surface area (Å²) in [5.41, 5.74) is 2.09. The molecule has 1 amide bonds. The number of hydrogen-bond donors (Lipinski definition) is 1. The Hall–Kier alpha value is -2.63. The molecule has 2 aromatic rings. The molecule has 1 aliphatic rings. The van der Waals surface area contributed by atoms with Crippen LogP contribution in [0.4, 0.5) is 0 Å². The van der Waals surface area contributed by atoms with E-state index in [9.17, 15) is 9.59 Å². The molecule has 0 atom stereocenters. The molecule has 1 aliphatic carbocycles. The van der Waals surface area contributed by atoms with Gasteiger partial charge in [0.2, 0.25) is 0 Å². The van der Waals surface area contributed by atoms with E-state index in [0.717, 1.165) is 24.1 Å². The fourth-order valence-corrected chi connectivity index (χ4v) is 2.60. The fourth-order valence-electron chi connectivity index (χ4n) is 2.60. The Morgan fingerprint density at radius 3 is 2.70 bits per heavy atom. The number of ether oxygens (including phenoxy) is 1. The number of pyridine rings is 1. The highest BCUT2D eigenvalue weighted by Crippen LogP contribution is 2.40. The lowest BCUT2D eigenvalue weighted by Gasteiger charge is -2.17. The summed E-state index contributed by atoms with van der Waals surface area (Å²) in [5.74, 6) is -0.333. The van der Waals surface area contributed by atoms with E-state index in [0.29, 0.717) is 22.6 Å². The van der Waals surface area contributed by atoms with Crippen LogP contribution in [0.25, 0.3) is 10.9 Å². The van der Waals surface area contributed by atoms with Gasteiger partial charge in [0, 0.05) is 24.0 Å².